The molecule has 0 amide bonds. The Morgan fingerprint density at radius 1 is 1.17 bits per heavy atom. The number of likely N-dealkylation sites (N-methyl/N-ethyl adjacent to an activating group) is 1. The fourth-order valence-electron chi connectivity index (χ4n) is 2.66. The first kappa shape index (κ1) is 16.3. The molecule has 0 radical (unpaired) electrons. The monoisotopic (exact) mass is 334 g/mol. The molecule has 23 heavy (non-hydrogen) atoms. The number of rotatable bonds is 7. The number of aliphatic hydroxyl groups is 1. The van der Waals surface area contributed by atoms with Crippen LogP contribution in [0.1, 0.15) is 23.3 Å². The van der Waals surface area contributed by atoms with Crippen LogP contribution in [0.25, 0.3) is 0 Å². The van der Waals surface area contributed by atoms with Gasteiger partial charge in [0.05, 0.1) is 6.10 Å². The van der Waals surface area contributed by atoms with E-state index >= 15 is 0 Å². The summed E-state index contributed by atoms with van der Waals surface area (Å²) in [5.41, 5.74) is 2.13. The maximum Gasteiger partial charge on any atom is 0.231 e. The number of hydrogen-bond donors (Lipinski definition) is 2. The summed E-state index contributed by atoms with van der Waals surface area (Å²) in [6, 6.07) is 8.00. The fraction of sp³-hybridized carbons (Fsp3) is 0.412. The van der Waals surface area contributed by atoms with E-state index in [4.69, 9.17) is 9.47 Å². The summed E-state index contributed by atoms with van der Waals surface area (Å²) in [4.78, 5) is 2.18. The largest absolute Gasteiger partial charge is 0.454 e. The smallest absolute Gasteiger partial charge is 0.231 e. The minimum atomic E-state index is -0.574. The Morgan fingerprint density at radius 3 is 2.74 bits per heavy atom. The van der Waals surface area contributed by atoms with Crippen LogP contribution in [0, 0.1) is 0 Å². The van der Waals surface area contributed by atoms with E-state index in [-0.39, 0.29) is 6.79 Å². The van der Waals surface area contributed by atoms with Crippen molar-refractivity contribution >= 4 is 11.3 Å². The third-order valence-corrected chi connectivity index (χ3v) is 4.71. The number of thiophene rings is 1. The third kappa shape index (κ3) is 3.84. The molecule has 2 heterocycles. The number of nitrogens with one attached hydrogen (secondary N) is 1. The van der Waals surface area contributed by atoms with Crippen molar-refractivity contribution < 1.29 is 14.6 Å². The molecule has 0 unspecified atom stereocenters. The highest BCUT2D eigenvalue weighted by Gasteiger charge is 2.18. The molecule has 0 saturated heterocycles. The third-order valence-electron chi connectivity index (χ3n) is 4.01. The molecular weight excluding hydrogens is 312 g/mol. The van der Waals surface area contributed by atoms with Gasteiger partial charge in [-0.25, -0.2) is 0 Å². The van der Waals surface area contributed by atoms with Gasteiger partial charge in [0.2, 0.25) is 6.79 Å². The molecule has 124 valence electrons. The molecule has 6 heteroatoms. The summed E-state index contributed by atoms with van der Waals surface area (Å²) >= 11 is 1.70. The molecule has 0 saturated carbocycles. The molecule has 0 spiro atoms. The van der Waals surface area contributed by atoms with Crippen LogP contribution < -0.4 is 14.8 Å². The number of aliphatic hydroxyl groups excluding tert-OH is 1. The van der Waals surface area contributed by atoms with Gasteiger partial charge in [-0.15, -0.1) is 0 Å². The molecule has 1 aromatic heterocycles. The van der Waals surface area contributed by atoms with Crippen molar-refractivity contribution in [2.75, 3.05) is 34.0 Å². The summed E-state index contributed by atoms with van der Waals surface area (Å²) < 4.78 is 10.6. The predicted octanol–water partition coefficient (Wildman–Crippen LogP) is 2.40. The SMILES string of the molecule is CN(C)[C@H](CNC[C@@H](O)c1ccc2c(c1)OCO2)c1ccsc1. The lowest BCUT2D eigenvalue weighted by Gasteiger charge is -2.24. The Morgan fingerprint density at radius 2 is 2.00 bits per heavy atom. The van der Waals surface area contributed by atoms with E-state index < -0.39 is 6.10 Å². The molecular formula is C17H22N2O3S. The maximum atomic E-state index is 10.4. The highest BCUT2D eigenvalue weighted by Crippen LogP contribution is 2.34. The molecule has 5 nitrogen and oxygen atoms in total. The second kappa shape index (κ2) is 7.31. The number of hydrogen-bond acceptors (Lipinski definition) is 6. The molecule has 0 bridgehead atoms. The van der Waals surface area contributed by atoms with Gasteiger partial charge >= 0.3 is 0 Å². The van der Waals surface area contributed by atoms with Gasteiger partial charge in [-0.05, 0) is 54.2 Å². The molecule has 1 aliphatic rings. The Hall–Kier alpha value is -1.60. The Bertz CT molecular complexity index is 631. The van der Waals surface area contributed by atoms with Gasteiger partial charge in [0.1, 0.15) is 0 Å². The maximum absolute atomic E-state index is 10.4. The standard InChI is InChI=1S/C17H22N2O3S/c1-19(2)14(13-5-6-23-10-13)8-18-9-15(20)12-3-4-16-17(7-12)22-11-21-16/h3-7,10,14-15,18,20H,8-9,11H2,1-2H3/t14-,15-/m1/s1. The van der Waals surface area contributed by atoms with Crippen LogP contribution in [0.5, 0.6) is 11.5 Å². The van der Waals surface area contributed by atoms with Crippen LogP contribution in [0.3, 0.4) is 0 Å². The zero-order valence-corrected chi connectivity index (χ0v) is 14.2. The molecule has 0 fully saturated rings. The molecule has 3 rings (SSSR count). The Labute approximate surface area is 140 Å². The average molecular weight is 334 g/mol. The van der Waals surface area contributed by atoms with Crippen molar-refractivity contribution in [3.05, 3.63) is 46.2 Å². The van der Waals surface area contributed by atoms with Crippen LogP contribution in [-0.4, -0.2) is 44.0 Å². The molecule has 2 N–H and O–H groups in total. The van der Waals surface area contributed by atoms with Crippen molar-refractivity contribution in [3.63, 3.8) is 0 Å². The number of ether oxygens (including phenoxy) is 2. The van der Waals surface area contributed by atoms with Gasteiger partial charge in [0, 0.05) is 19.1 Å². The molecule has 1 aromatic carbocycles. The summed E-state index contributed by atoms with van der Waals surface area (Å²) in [7, 11) is 4.14. The van der Waals surface area contributed by atoms with Gasteiger partial charge < -0.3 is 24.8 Å². The van der Waals surface area contributed by atoms with Crippen molar-refractivity contribution in [1.82, 2.24) is 10.2 Å². The van der Waals surface area contributed by atoms with Gasteiger partial charge in [-0.2, -0.15) is 11.3 Å². The van der Waals surface area contributed by atoms with E-state index in [1.165, 1.54) is 5.56 Å². The van der Waals surface area contributed by atoms with Gasteiger partial charge in [0.25, 0.3) is 0 Å². The Kier molecular flexibility index (Phi) is 5.17. The van der Waals surface area contributed by atoms with Crippen molar-refractivity contribution in [2.45, 2.75) is 12.1 Å². The number of benzene rings is 1. The minimum absolute atomic E-state index is 0.248. The highest BCUT2D eigenvalue weighted by atomic mass is 32.1. The lowest BCUT2D eigenvalue weighted by molar-refractivity contribution is 0.167. The fourth-order valence-corrected chi connectivity index (χ4v) is 3.37. The zero-order chi connectivity index (χ0) is 16.2. The topological polar surface area (TPSA) is 54.0 Å². The van der Waals surface area contributed by atoms with Gasteiger partial charge in [0.15, 0.2) is 11.5 Å². The van der Waals surface area contributed by atoms with Gasteiger partial charge in [-0.1, -0.05) is 6.07 Å². The summed E-state index contributed by atoms with van der Waals surface area (Å²) in [5.74, 6) is 1.44. The lowest BCUT2D eigenvalue weighted by Crippen LogP contribution is -2.33. The first-order valence-electron chi connectivity index (χ1n) is 7.62. The average Bonchev–Trinajstić information content (AvgIpc) is 3.21. The lowest BCUT2D eigenvalue weighted by atomic mass is 10.1. The van der Waals surface area contributed by atoms with E-state index in [1.54, 1.807) is 11.3 Å². The zero-order valence-electron chi connectivity index (χ0n) is 13.4. The summed E-state index contributed by atoms with van der Waals surface area (Å²) in [5, 5.41) is 18.0. The molecule has 1 aliphatic heterocycles. The molecule has 2 aromatic rings. The quantitative estimate of drug-likeness (QED) is 0.814. The van der Waals surface area contributed by atoms with Crippen molar-refractivity contribution in [3.8, 4) is 11.5 Å². The minimum Gasteiger partial charge on any atom is -0.454 e. The van der Waals surface area contributed by atoms with Crippen LogP contribution >= 0.6 is 11.3 Å². The van der Waals surface area contributed by atoms with Crippen LogP contribution in [-0.2, 0) is 0 Å². The predicted molar refractivity (Wildman–Crippen MR) is 91.1 cm³/mol. The first-order chi connectivity index (χ1) is 11.1. The second-order valence-corrected chi connectivity index (χ2v) is 6.60. The molecule has 0 aliphatic carbocycles. The van der Waals surface area contributed by atoms with E-state index in [0.717, 1.165) is 17.9 Å². The Balaban J connectivity index is 1.55. The normalized spacial score (nSPS) is 15.8. The number of fused-ring (bicyclic) bond motifs is 1. The first-order valence-corrected chi connectivity index (χ1v) is 8.56. The van der Waals surface area contributed by atoms with E-state index in [9.17, 15) is 5.11 Å². The van der Waals surface area contributed by atoms with Crippen LogP contribution in [0.2, 0.25) is 0 Å². The second-order valence-electron chi connectivity index (χ2n) is 5.82. The summed E-state index contributed by atoms with van der Waals surface area (Å²) in [6.07, 6.45) is -0.574. The van der Waals surface area contributed by atoms with Crippen molar-refractivity contribution in [1.29, 1.82) is 0 Å². The van der Waals surface area contributed by atoms with Crippen LogP contribution in [0.4, 0.5) is 0 Å². The highest BCUT2D eigenvalue weighted by molar-refractivity contribution is 7.07. The van der Waals surface area contributed by atoms with E-state index in [0.29, 0.717) is 18.3 Å². The van der Waals surface area contributed by atoms with E-state index in [1.807, 2.05) is 18.2 Å². The van der Waals surface area contributed by atoms with E-state index in [2.05, 4.69) is 41.1 Å². The number of nitrogens with zero attached hydrogens (tertiary/aromatic N) is 1. The van der Waals surface area contributed by atoms with Crippen LogP contribution in [0.15, 0.2) is 35.0 Å². The summed E-state index contributed by atoms with van der Waals surface area (Å²) in [6.45, 7) is 1.53. The van der Waals surface area contributed by atoms with Gasteiger partial charge in [-0.3, -0.25) is 0 Å². The molecule has 2 atom stereocenters. The van der Waals surface area contributed by atoms with Crippen molar-refractivity contribution in [2.24, 2.45) is 0 Å².